The van der Waals surface area contributed by atoms with Crippen molar-refractivity contribution in [3.8, 4) is 11.4 Å². The highest BCUT2D eigenvalue weighted by Crippen LogP contribution is 2.25. The molecule has 0 fully saturated rings. The maximum Gasteiger partial charge on any atom is 0.236 e. The Hall–Kier alpha value is -2.59. The van der Waals surface area contributed by atoms with Gasteiger partial charge in [0, 0.05) is 12.1 Å². The number of rotatable bonds is 8. The molecule has 0 spiro atoms. The summed E-state index contributed by atoms with van der Waals surface area (Å²) in [7, 11) is 0. The zero-order chi connectivity index (χ0) is 19.2. The van der Waals surface area contributed by atoms with Crippen molar-refractivity contribution in [1.82, 2.24) is 25.0 Å². The van der Waals surface area contributed by atoms with Crippen molar-refractivity contribution < 1.29 is 9.18 Å². The smallest absolute Gasteiger partial charge is 0.236 e. The van der Waals surface area contributed by atoms with E-state index < -0.39 is 0 Å². The number of carbonyl (C=O) groups is 1. The van der Waals surface area contributed by atoms with Crippen LogP contribution in [0.2, 0.25) is 0 Å². The minimum absolute atomic E-state index is 0.138. The topological polar surface area (TPSA) is 85.6 Å². The summed E-state index contributed by atoms with van der Waals surface area (Å²) in [6.07, 6.45) is 2.47. The normalized spacial score (nSPS) is 10.7. The van der Waals surface area contributed by atoms with Gasteiger partial charge in [0.05, 0.1) is 5.75 Å². The van der Waals surface area contributed by atoms with E-state index in [1.807, 2.05) is 6.92 Å². The minimum atomic E-state index is -0.349. The predicted molar refractivity (Wildman–Crippen MR) is 104 cm³/mol. The van der Waals surface area contributed by atoms with Gasteiger partial charge in [0.15, 0.2) is 11.0 Å². The fourth-order valence-corrected chi connectivity index (χ4v) is 3.71. The molecule has 0 unspecified atom stereocenters. The molecule has 0 saturated carbocycles. The van der Waals surface area contributed by atoms with Crippen LogP contribution in [0.15, 0.2) is 42.1 Å². The van der Waals surface area contributed by atoms with Crippen LogP contribution in [0.4, 0.5) is 9.52 Å². The van der Waals surface area contributed by atoms with Gasteiger partial charge >= 0.3 is 0 Å². The first-order chi connectivity index (χ1) is 13.1. The van der Waals surface area contributed by atoms with E-state index >= 15 is 0 Å². The van der Waals surface area contributed by atoms with Crippen LogP contribution in [-0.4, -0.2) is 36.6 Å². The number of thioether (sulfide) groups is 1. The Balaban J connectivity index is 1.71. The number of hydrogen-bond acceptors (Lipinski definition) is 7. The highest BCUT2D eigenvalue weighted by molar-refractivity contribution is 7.99. The first-order valence-electron chi connectivity index (χ1n) is 8.15. The molecule has 2 heterocycles. The molecule has 0 saturated heterocycles. The fraction of sp³-hybridized carbons (Fsp3) is 0.235. The molecule has 3 aromatic rings. The van der Waals surface area contributed by atoms with Gasteiger partial charge in [-0.1, -0.05) is 48.2 Å². The summed E-state index contributed by atoms with van der Waals surface area (Å²) in [5.41, 5.74) is 0.613. The van der Waals surface area contributed by atoms with Crippen LogP contribution in [0.25, 0.3) is 11.4 Å². The number of allylic oxidation sites excluding steroid dienone is 1. The van der Waals surface area contributed by atoms with Gasteiger partial charge in [-0.15, -0.1) is 27.0 Å². The largest absolute Gasteiger partial charge is 0.300 e. The standard InChI is InChI=1S/C17H17FN6OS2/c1-3-8-24-15(11-6-5-7-12(18)9-11)21-23-17(24)26-10-13(25)19-16-22-20-14(4-2)27-16/h3,5-7,9H,1,4,8,10H2,2H3,(H,19,22,25). The molecule has 0 aliphatic heterocycles. The lowest BCUT2D eigenvalue weighted by Gasteiger charge is -2.07. The van der Waals surface area contributed by atoms with E-state index in [-0.39, 0.29) is 17.5 Å². The number of nitrogens with zero attached hydrogens (tertiary/aromatic N) is 5. The van der Waals surface area contributed by atoms with Crippen LogP contribution in [0.3, 0.4) is 0 Å². The third-order valence-corrected chi connectivity index (χ3v) is 5.41. The molecule has 1 amide bonds. The predicted octanol–water partition coefficient (Wildman–Crippen LogP) is 3.41. The summed E-state index contributed by atoms with van der Waals surface area (Å²) in [5.74, 6) is 0.102. The molecule has 2 aromatic heterocycles. The Labute approximate surface area is 163 Å². The lowest BCUT2D eigenvalue weighted by molar-refractivity contribution is -0.113. The number of benzene rings is 1. The van der Waals surface area contributed by atoms with E-state index in [0.717, 1.165) is 11.4 Å². The zero-order valence-electron chi connectivity index (χ0n) is 14.6. The number of aryl methyl sites for hydroxylation is 1. The molecule has 10 heteroatoms. The SMILES string of the molecule is C=CCn1c(SCC(=O)Nc2nnc(CC)s2)nnc1-c1cccc(F)c1. The number of nitrogens with one attached hydrogen (secondary N) is 1. The first kappa shape index (κ1) is 19.2. The Kier molecular flexibility index (Phi) is 6.30. The first-order valence-corrected chi connectivity index (χ1v) is 9.96. The average molecular weight is 404 g/mol. The van der Waals surface area contributed by atoms with Gasteiger partial charge in [-0.05, 0) is 18.6 Å². The molecule has 0 atom stereocenters. The van der Waals surface area contributed by atoms with Crippen molar-refractivity contribution in [1.29, 1.82) is 0 Å². The van der Waals surface area contributed by atoms with Crippen molar-refractivity contribution in [2.75, 3.05) is 11.1 Å². The summed E-state index contributed by atoms with van der Waals surface area (Å²) in [5, 5.41) is 20.8. The zero-order valence-corrected chi connectivity index (χ0v) is 16.2. The van der Waals surface area contributed by atoms with Gasteiger partial charge in [-0.3, -0.25) is 14.7 Å². The Bertz CT molecular complexity index is 955. The van der Waals surface area contributed by atoms with E-state index in [0.29, 0.717) is 28.2 Å². The molecule has 7 nitrogen and oxygen atoms in total. The molecule has 0 bridgehead atoms. The second kappa shape index (κ2) is 8.87. The van der Waals surface area contributed by atoms with Gasteiger partial charge in [0.1, 0.15) is 10.8 Å². The molecule has 0 radical (unpaired) electrons. The maximum absolute atomic E-state index is 13.5. The Morgan fingerprint density at radius 3 is 2.93 bits per heavy atom. The van der Waals surface area contributed by atoms with Gasteiger partial charge in [0.2, 0.25) is 11.0 Å². The van der Waals surface area contributed by atoms with Crippen LogP contribution >= 0.6 is 23.1 Å². The van der Waals surface area contributed by atoms with E-state index in [9.17, 15) is 9.18 Å². The lowest BCUT2D eigenvalue weighted by Crippen LogP contribution is -2.14. The van der Waals surface area contributed by atoms with Gasteiger partial charge in [-0.25, -0.2) is 4.39 Å². The average Bonchev–Trinajstić information content (AvgIpc) is 3.27. The molecule has 140 valence electrons. The van der Waals surface area contributed by atoms with Crippen LogP contribution in [0.1, 0.15) is 11.9 Å². The molecule has 1 aromatic carbocycles. The lowest BCUT2D eigenvalue weighted by atomic mass is 10.2. The number of anilines is 1. The third kappa shape index (κ3) is 4.77. The van der Waals surface area contributed by atoms with E-state index in [1.165, 1.54) is 35.2 Å². The number of hydrogen-bond donors (Lipinski definition) is 1. The van der Waals surface area contributed by atoms with E-state index in [4.69, 9.17) is 0 Å². The number of halogens is 1. The summed E-state index contributed by atoms with van der Waals surface area (Å²) in [6.45, 7) is 6.16. The Morgan fingerprint density at radius 2 is 2.22 bits per heavy atom. The molecule has 27 heavy (non-hydrogen) atoms. The summed E-state index contributed by atoms with van der Waals surface area (Å²) in [6, 6.07) is 6.14. The second-order valence-electron chi connectivity index (χ2n) is 5.41. The summed E-state index contributed by atoms with van der Waals surface area (Å²) in [4.78, 5) is 12.2. The summed E-state index contributed by atoms with van der Waals surface area (Å²) < 4.78 is 15.3. The quantitative estimate of drug-likeness (QED) is 0.457. The van der Waals surface area contributed by atoms with Crippen LogP contribution < -0.4 is 5.32 Å². The maximum atomic E-state index is 13.5. The van der Waals surface area contributed by atoms with Crippen molar-refractivity contribution in [3.05, 3.63) is 47.7 Å². The van der Waals surface area contributed by atoms with Gasteiger partial charge < -0.3 is 0 Å². The van der Waals surface area contributed by atoms with Crippen LogP contribution in [-0.2, 0) is 17.8 Å². The fourth-order valence-electron chi connectivity index (χ4n) is 2.26. The van der Waals surface area contributed by atoms with E-state index in [1.54, 1.807) is 22.8 Å². The third-order valence-electron chi connectivity index (χ3n) is 3.46. The van der Waals surface area contributed by atoms with Crippen molar-refractivity contribution in [2.45, 2.75) is 25.0 Å². The van der Waals surface area contributed by atoms with Gasteiger partial charge in [-0.2, -0.15) is 0 Å². The van der Waals surface area contributed by atoms with Crippen molar-refractivity contribution >= 4 is 34.1 Å². The molecule has 1 N–H and O–H groups in total. The molecule has 0 aliphatic carbocycles. The van der Waals surface area contributed by atoms with Crippen molar-refractivity contribution in [2.24, 2.45) is 0 Å². The molecule has 3 rings (SSSR count). The number of aromatic nitrogens is 5. The Morgan fingerprint density at radius 1 is 1.37 bits per heavy atom. The second-order valence-corrected chi connectivity index (χ2v) is 7.41. The monoisotopic (exact) mass is 404 g/mol. The molecular weight excluding hydrogens is 387 g/mol. The summed E-state index contributed by atoms with van der Waals surface area (Å²) >= 11 is 2.59. The van der Waals surface area contributed by atoms with Crippen LogP contribution in [0.5, 0.6) is 0 Å². The minimum Gasteiger partial charge on any atom is -0.300 e. The highest BCUT2D eigenvalue weighted by Gasteiger charge is 2.16. The van der Waals surface area contributed by atoms with Gasteiger partial charge in [0.25, 0.3) is 0 Å². The molecular formula is C17H17FN6OS2. The van der Waals surface area contributed by atoms with E-state index in [2.05, 4.69) is 32.3 Å². The van der Waals surface area contributed by atoms with Crippen LogP contribution in [0, 0.1) is 5.82 Å². The highest BCUT2D eigenvalue weighted by atomic mass is 32.2. The molecule has 0 aliphatic rings. The number of carbonyl (C=O) groups excluding carboxylic acids is 1. The number of amides is 1. The van der Waals surface area contributed by atoms with Crippen molar-refractivity contribution in [3.63, 3.8) is 0 Å².